The van der Waals surface area contributed by atoms with Gasteiger partial charge in [0.2, 0.25) is 0 Å². The van der Waals surface area contributed by atoms with Crippen molar-refractivity contribution in [2.45, 2.75) is 11.0 Å². The minimum Gasteiger partial charge on any atom is -0.458 e. The summed E-state index contributed by atoms with van der Waals surface area (Å²) in [7, 11) is 0. The summed E-state index contributed by atoms with van der Waals surface area (Å²) in [5.74, 6) is 1.19. The van der Waals surface area contributed by atoms with Gasteiger partial charge in [-0.2, -0.15) is 0 Å². The molecule has 1 aromatic heterocycles. The van der Waals surface area contributed by atoms with Crippen molar-refractivity contribution in [2.24, 2.45) is 0 Å². The monoisotopic (exact) mass is 348 g/mol. The van der Waals surface area contributed by atoms with Crippen LogP contribution in [-0.2, 0) is 0 Å². The van der Waals surface area contributed by atoms with E-state index in [9.17, 15) is 5.11 Å². The van der Waals surface area contributed by atoms with E-state index in [1.807, 2.05) is 54.6 Å². The summed E-state index contributed by atoms with van der Waals surface area (Å²) in [5, 5.41) is 11.2. The van der Waals surface area contributed by atoms with Crippen molar-refractivity contribution in [3.63, 3.8) is 0 Å². The molecule has 0 aliphatic carbocycles. The zero-order chi connectivity index (χ0) is 13.9. The van der Waals surface area contributed by atoms with Crippen molar-refractivity contribution >= 4 is 38.7 Å². The summed E-state index contributed by atoms with van der Waals surface area (Å²) < 4.78 is 6.72. The molecule has 1 heterocycles. The third-order valence-electron chi connectivity index (χ3n) is 2.99. The van der Waals surface area contributed by atoms with E-state index in [0.717, 1.165) is 20.3 Å². The molecule has 0 amide bonds. The third-order valence-corrected chi connectivity index (χ3v) is 4.61. The molecule has 3 aromatic rings. The summed E-state index contributed by atoms with van der Waals surface area (Å²) >= 11 is 5.02. The molecule has 102 valence electrons. The Kier molecular flexibility index (Phi) is 4.15. The minimum atomic E-state index is -0.601. The zero-order valence-corrected chi connectivity index (χ0v) is 13.0. The molecule has 1 unspecified atom stereocenters. The Morgan fingerprint density at radius 3 is 2.60 bits per heavy atom. The number of para-hydroxylation sites is 1. The number of furan rings is 1. The highest BCUT2D eigenvalue weighted by atomic mass is 79.9. The maximum atomic E-state index is 10.2. The lowest BCUT2D eigenvalue weighted by Crippen LogP contribution is -1.98. The van der Waals surface area contributed by atoms with Crippen LogP contribution in [0.25, 0.3) is 11.0 Å². The van der Waals surface area contributed by atoms with Gasteiger partial charge in [0, 0.05) is 20.5 Å². The molecule has 0 radical (unpaired) electrons. The Balaban J connectivity index is 1.69. The predicted octanol–water partition coefficient (Wildman–Crippen LogP) is 5.02. The van der Waals surface area contributed by atoms with Crippen LogP contribution in [0.1, 0.15) is 11.9 Å². The number of aliphatic hydroxyl groups is 1. The first-order chi connectivity index (χ1) is 9.72. The highest BCUT2D eigenvalue weighted by Crippen LogP contribution is 2.29. The molecular weight excluding hydrogens is 336 g/mol. The molecule has 1 N–H and O–H groups in total. The van der Waals surface area contributed by atoms with Crippen molar-refractivity contribution in [3.05, 3.63) is 64.8 Å². The van der Waals surface area contributed by atoms with Crippen molar-refractivity contribution < 1.29 is 9.52 Å². The lowest BCUT2D eigenvalue weighted by Gasteiger charge is -2.07. The highest BCUT2D eigenvalue weighted by Gasteiger charge is 2.13. The van der Waals surface area contributed by atoms with E-state index in [2.05, 4.69) is 15.9 Å². The van der Waals surface area contributed by atoms with Crippen LogP contribution in [0, 0.1) is 0 Å². The maximum Gasteiger partial charge on any atom is 0.134 e. The zero-order valence-electron chi connectivity index (χ0n) is 10.6. The number of fused-ring (bicyclic) bond motifs is 1. The van der Waals surface area contributed by atoms with Gasteiger partial charge in [0.05, 0.1) is 0 Å². The van der Waals surface area contributed by atoms with E-state index in [1.54, 1.807) is 11.8 Å². The third kappa shape index (κ3) is 3.08. The second-order valence-electron chi connectivity index (χ2n) is 4.47. The van der Waals surface area contributed by atoms with Gasteiger partial charge in [0.1, 0.15) is 17.4 Å². The minimum absolute atomic E-state index is 0.571. The molecule has 1 atom stereocenters. The Morgan fingerprint density at radius 1 is 1.10 bits per heavy atom. The summed E-state index contributed by atoms with van der Waals surface area (Å²) in [5.41, 5.74) is 0.815. The van der Waals surface area contributed by atoms with Gasteiger partial charge in [-0.15, -0.1) is 11.8 Å². The SMILES string of the molecule is OC(CSc1ccc(Br)cc1)c1cc2ccccc2o1. The molecule has 0 saturated carbocycles. The van der Waals surface area contributed by atoms with E-state index >= 15 is 0 Å². The largest absolute Gasteiger partial charge is 0.458 e. The second kappa shape index (κ2) is 6.04. The van der Waals surface area contributed by atoms with Crippen molar-refractivity contribution in [1.82, 2.24) is 0 Å². The highest BCUT2D eigenvalue weighted by molar-refractivity contribution is 9.10. The molecule has 0 fully saturated rings. The quantitative estimate of drug-likeness (QED) is 0.672. The normalized spacial score (nSPS) is 12.7. The summed E-state index contributed by atoms with van der Waals surface area (Å²) in [6.07, 6.45) is -0.601. The van der Waals surface area contributed by atoms with E-state index in [-0.39, 0.29) is 0 Å². The van der Waals surface area contributed by atoms with Crippen LogP contribution in [-0.4, -0.2) is 10.9 Å². The van der Waals surface area contributed by atoms with Crippen molar-refractivity contribution in [1.29, 1.82) is 0 Å². The molecule has 2 nitrogen and oxygen atoms in total. The van der Waals surface area contributed by atoms with Crippen LogP contribution in [0.3, 0.4) is 0 Å². The Bertz CT molecular complexity index is 673. The molecule has 20 heavy (non-hydrogen) atoms. The van der Waals surface area contributed by atoms with E-state index in [4.69, 9.17) is 4.42 Å². The van der Waals surface area contributed by atoms with E-state index in [1.165, 1.54) is 0 Å². The van der Waals surface area contributed by atoms with E-state index < -0.39 is 6.10 Å². The summed E-state index contributed by atoms with van der Waals surface area (Å²) in [4.78, 5) is 1.13. The maximum absolute atomic E-state index is 10.2. The van der Waals surface area contributed by atoms with Crippen LogP contribution in [0.4, 0.5) is 0 Å². The van der Waals surface area contributed by atoms with Gasteiger partial charge in [-0.25, -0.2) is 0 Å². The van der Waals surface area contributed by atoms with Gasteiger partial charge in [0.25, 0.3) is 0 Å². The number of thioether (sulfide) groups is 1. The number of aliphatic hydroxyl groups excluding tert-OH is 1. The Labute approximate surface area is 129 Å². The standard InChI is InChI=1S/C16H13BrO2S/c17-12-5-7-13(8-6-12)20-10-14(18)16-9-11-3-1-2-4-15(11)19-16/h1-9,14,18H,10H2. The lowest BCUT2D eigenvalue weighted by atomic mass is 10.2. The number of halogens is 1. The molecule has 2 aromatic carbocycles. The van der Waals surface area contributed by atoms with Crippen LogP contribution in [0.5, 0.6) is 0 Å². The molecule has 0 saturated heterocycles. The van der Waals surface area contributed by atoms with Crippen molar-refractivity contribution in [2.75, 3.05) is 5.75 Å². The van der Waals surface area contributed by atoms with Crippen molar-refractivity contribution in [3.8, 4) is 0 Å². The molecule has 0 spiro atoms. The first-order valence-corrected chi connectivity index (χ1v) is 8.05. The first-order valence-electron chi connectivity index (χ1n) is 6.27. The second-order valence-corrected chi connectivity index (χ2v) is 6.48. The number of rotatable bonds is 4. The fourth-order valence-electron chi connectivity index (χ4n) is 1.95. The smallest absolute Gasteiger partial charge is 0.134 e. The summed E-state index contributed by atoms with van der Waals surface area (Å²) in [6.45, 7) is 0. The van der Waals surface area contributed by atoms with Crippen LogP contribution >= 0.6 is 27.7 Å². The molecule has 4 heteroatoms. The molecular formula is C16H13BrO2S. The Hall–Kier alpha value is -1.23. The fraction of sp³-hybridized carbons (Fsp3) is 0.125. The number of hydrogen-bond acceptors (Lipinski definition) is 3. The summed E-state index contributed by atoms with van der Waals surface area (Å²) in [6, 6.07) is 17.7. The van der Waals surface area contributed by atoms with Gasteiger partial charge in [-0.1, -0.05) is 34.1 Å². The number of benzene rings is 2. The van der Waals surface area contributed by atoms with Crippen LogP contribution in [0.15, 0.2) is 68.4 Å². The lowest BCUT2D eigenvalue weighted by molar-refractivity contribution is 0.177. The van der Waals surface area contributed by atoms with Crippen LogP contribution < -0.4 is 0 Å². The average Bonchev–Trinajstić information content (AvgIpc) is 2.90. The van der Waals surface area contributed by atoms with Gasteiger partial charge in [-0.05, 0) is 36.4 Å². The fourth-order valence-corrected chi connectivity index (χ4v) is 3.06. The van der Waals surface area contributed by atoms with Crippen LogP contribution in [0.2, 0.25) is 0 Å². The van der Waals surface area contributed by atoms with Gasteiger partial charge < -0.3 is 9.52 Å². The first kappa shape index (κ1) is 13.7. The topological polar surface area (TPSA) is 33.4 Å². The Morgan fingerprint density at radius 2 is 1.85 bits per heavy atom. The van der Waals surface area contributed by atoms with Gasteiger partial charge in [-0.3, -0.25) is 0 Å². The van der Waals surface area contributed by atoms with Gasteiger partial charge in [0.15, 0.2) is 0 Å². The molecule has 0 aliphatic rings. The van der Waals surface area contributed by atoms with E-state index in [0.29, 0.717) is 11.5 Å². The molecule has 0 aliphatic heterocycles. The molecule has 3 rings (SSSR count). The average molecular weight is 349 g/mol. The predicted molar refractivity (Wildman–Crippen MR) is 86.0 cm³/mol. The number of hydrogen-bond donors (Lipinski definition) is 1. The molecule has 0 bridgehead atoms. The van der Waals surface area contributed by atoms with Gasteiger partial charge >= 0.3 is 0 Å².